The molecule has 0 heterocycles. The van der Waals surface area contributed by atoms with Crippen molar-refractivity contribution in [2.45, 2.75) is 45.8 Å². The monoisotopic (exact) mass is 383 g/mol. The van der Waals surface area contributed by atoms with Gasteiger partial charge in [0.1, 0.15) is 5.60 Å². The van der Waals surface area contributed by atoms with Crippen molar-refractivity contribution in [2.24, 2.45) is 0 Å². The van der Waals surface area contributed by atoms with Crippen LogP contribution in [-0.2, 0) is 16.0 Å². The summed E-state index contributed by atoms with van der Waals surface area (Å²) in [4.78, 5) is 24.7. The maximum Gasteiger partial charge on any atom is 0.407 e. The van der Waals surface area contributed by atoms with Crippen LogP contribution in [0.25, 0.3) is 11.1 Å². The molecule has 5 heteroatoms. The van der Waals surface area contributed by atoms with Gasteiger partial charge < -0.3 is 14.8 Å². The van der Waals surface area contributed by atoms with Gasteiger partial charge in [-0.1, -0.05) is 48.5 Å². The summed E-state index contributed by atoms with van der Waals surface area (Å²) in [6.45, 7) is 6.35. The number of rotatable bonds is 8. The fourth-order valence-electron chi connectivity index (χ4n) is 2.89. The summed E-state index contributed by atoms with van der Waals surface area (Å²) in [5, 5.41) is 2.79. The highest BCUT2D eigenvalue weighted by Gasteiger charge is 2.17. The van der Waals surface area contributed by atoms with Gasteiger partial charge in [-0.05, 0) is 43.9 Å². The van der Waals surface area contributed by atoms with Crippen LogP contribution in [0.15, 0.2) is 48.5 Å². The Morgan fingerprint density at radius 3 is 2.29 bits per heavy atom. The van der Waals surface area contributed by atoms with Gasteiger partial charge in [-0.15, -0.1) is 0 Å². The molecule has 5 nitrogen and oxygen atoms in total. The Bertz CT molecular complexity index is 808. The predicted octanol–water partition coefficient (Wildman–Crippen LogP) is 4.99. The third kappa shape index (κ3) is 6.50. The first-order valence-corrected chi connectivity index (χ1v) is 9.48. The zero-order valence-electron chi connectivity index (χ0n) is 17.1. The Labute approximate surface area is 167 Å². The molecule has 0 fully saturated rings. The minimum atomic E-state index is -0.551. The van der Waals surface area contributed by atoms with E-state index in [-0.39, 0.29) is 5.78 Å². The maximum absolute atomic E-state index is 12.7. The van der Waals surface area contributed by atoms with Gasteiger partial charge in [-0.3, -0.25) is 4.79 Å². The second-order valence-corrected chi connectivity index (χ2v) is 7.58. The van der Waals surface area contributed by atoms with Crippen molar-refractivity contribution < 1.29 is 19.1 Å². The average molecular weight is 383 g/mol. The van der Waals surface area contributed by atoms with Gasteiger partial charge in [0, 0.05) is 32.2 Å². The molecule has 0 saturated carbocycles. The van der Waals surface area contributed by atoms with Crippen molar-refractivity contribution in [3.05, 3.63) is 59.7 Å². The lowest BCUT2D eigenvalue weighted by Gasteiger charge is -2.20. The zero-order chi connectivity index (χ0) is 20.6. The molecule has 0 aromatic heterocycles. The number of nitrogens with one attached hydrogen (secondary N) is 1. The first kappa shape index (κ1) is 21.6. The summed E-state index contributed by atoms with van der Waals surface area (Å²) in [5.41, 5.74) is 2.85. The molecule has 0 unspecified atom stereocenters. The van der Waals surface area contributed by atoms with Crippen LogP contribution >= 0.6 is 0 Å². The minimum Gasteiger partial charge on any atom is -0.444 e. The quantitative estimate of drug-likeness (QED) is 0.515. The average Bonchev–Trinajstić information content (AvgIpc) is 2.65. The van der Waals surface area contributed by atoms with Crippen molar-refractivity contribution in [2.75, 3.05) is 13.7 Å². The van der Waals surface area contributed by atoms with Crippen LogP contribution in [-0.4, -0.2) is 31.2 Å². The summed E-state index contributed by atoms with van der Waals surface area (Å²) >= 11 is 0. The van der Waals surface area contributed by atoms with Gasteiger partial charge in [0.2, 0.25) is 0 Å². The van der Waals surface area contributed by atoms with E-state index in [1.54, 1.807) is 7.11 Å². The third-order valence-corrected chi connectivity index (χ3v) is 4.11. The molecule has 0 atom stereocenters. The highest BCUT2D eigenvalue weighted by Crippen LogP contribution is 2.28. The van der Waals surface area contributed by atoms with Crippen LogP contribution < -0.4 is 5.32 Å². The van der Waals surface area contributed by atoms with Crippen LogP contribution in [0.3, 0.4) is 0 Å². The van der Waals surface area contributed by atoms with Crippen molar-refractivity contribution in [1.82, 2.24) is 5.32 Å². The van der Waals surface area contributed by atoms with Crippen LogP contribution in [0.5, 0.6) is 0 Å². The van der Waals surface area contributed by atoms with Crippen molar-refractivity contribution in [1.29, 1.82) is 0 Å². The Hall–Kier alpha value is -2.66. The maximum atomic E-state index is 12.7. The number of alkyl carbamates (subject to hydrolysis) is 1. The lowest BCUT2D eigenvalue weighted by molar-refractivity contribution is 0.0523. The molecule has 0 saturated heterocycles. The van der Waals surface area contributed by atoms with Crippen molar-refractivity contribution in [3.8, 4) is 11.1 Å². The van der Waals surface area contributed by atoms with E-state index in [1.165, 1.54) is 0 Å². The van der Waals surface area contributed by atoms with Crippen LogP contribution in [0.1, 0.15) is 49.5 Å². The summed E-state index contributed by atoms with van der Waals surface area (Å²) in [6.07, 6.45) is 0.653. The summed E-state index contributed by atoms with van der Waals surface area (Å²) in [6, 6.07) is 15.3. The molecule has 2 rings (SSSR count). The van der Waals surface area contributed by atoms with Gasteiger partial charge in [-0.2, -0.15) is 0 Å². The van der Waals surface area contributed by atoms with E-state index in [1.807, 2.05) is 69.3 Å². The molecule has 0 aliphatic heterocycles. The number of Topliss-reactive ketones (excluding diaryl/α,β-unsaturated/α-hetero) is 1. The predicted molar refractivity (Wildman–Crippen MR) is 110 cm³/mol. The molecule has 0 bridgehead atoms. The van der Waals surface area contributed by atoms with Crippen LogP contribution in [0.4, 0.5) is 4.79 Å². The lowest BCUT2D eigenvalue weighted by atomic mass is 9.92. The number of carbonyl (C=O) groups is 2. The van der Waals surface area contributed by atoms with E-state index in [9.17, 15) is 9.59 Å². The molecule has 2 aromatic rings. The van der Waals surface area contributed by atoms with Gasteiger partial charge in [-0.25, -0.2) is 4.79 Å². The van der Waals surface area contributed by atoms with E-state index in [0.29, 0.717) is 31.6 Å². The Morgan fingerprint density at radius 2 is 1.61 bits per heavy atom. The van der Waals surface area contributed by atoms with E-state index < -0.39 is 11.7 Å². The lowest BCUT2D eigenvalue weighted by Crippen LogP contribution is -2.32. The summed E-state index contributed by atoms with van der Waals surface area (Å²) < 4.78 is 10.4. The number of ether oxygens (including phenoxy) is 2. The van der Waals surface area contributed by atoms with E-state index in [4.69, 9.17) is 9.47 Å². The number of methoxy groups -OCH3 is 1. The fraction of sp³-hybridized carbons (Fsp3) is 0.391. The molecular weight excluding hydrogens is 354 g/mol. The SMILES string of the molecule is COCCCC(=O)c1ccccc1-c1ccccc1CNC(=O)OC(C)(C)C. The third-order valence-electron chi connectivity index (χ3n) is 4.11. The Kier molecular flexibility index (Phi) is 7.76. The van der Waals surface area contributed by atoms with Gasteiger partial charge in [0.15, 0.2) is 5.78 Å². The minimum absolute atomic E-state index is 0.0857. The highest BCUT2D eigenvalue weighted by atomic mass is 16.6. The van der Waals surface area contributed by atoms with Gasteiger partial charge in [0.25, 0.3) is 0 Å². The molecule has 0 aliphatic carbocycles. The van der Waals surface area contributed by atoms with Crippen molar-refractivity contribution >= 4 is 11.9 Å². The Morgan fingerprint density at radius 1 is 0.964 bits per heavy atom. The van der Waals surface area contributed by atoms with E-state index in [0.717, 1.165) is 16.7 Å². The molecular formula is C23H29NO4. The standard InChI is InChI=1S/C23H29NO4/c1-23(2,3)28-22(26)24-16-17-10-5-6-11-18(17)19-12-7-8-13-20(19)21(25)14-9-15-27-4/h5-8,10-13H,9,14-16H2,1-4H3,(H,24,26). The first-order valence-electron chi connectivity index (χ1n) is 9.48. The van der Waals surface area contributed by atoms with Gasteiger partial charge in [0.05, 0.1) is 0 Å². The summed E-state index contributed by atoms with van der Waals surface area (Å²) in [5.74, 6) is 0.0857. The number of carbonyl (C=O) groups excluding carboxylic acids is 2. The number of benzene rings is 2. The highest BCUT2D eigenvalue weighted by molar-refractivity contribution is 6.02. The van der Waals surface area contributed by atoms with Crippen molar-refractivity contribution in [3.63, 3.8) is 0 Å². The second-order valence-electron chi connectivity index (χ2n) is 7.58. The molecule has 1 N–H and O–H groups in total. The van der Waals surface area contributed by atoms with Gasteiger partial charge >= 0.3 is 6.09 Å². The molecule has 1 amide bonds. The molecule has 150 valence electrons. The van der Waals surface area contributed by atoms with Crippen LogP contribution in [0.2, 0.25) is 0 Å². The largest absolute Gasteiger partial charge is 0.444 e. The molecule has 0 spiro atoms. The topological polar surface area (TPSA) is 64.6 Å². The first-order chi connectivity index (χ1) is 13.3. The number of hydrogen-bond donors (Lipinski definition) is 1. The Balaban J connectivity index is 2.22. The smallest absolute Gasteiger partial charge is 0.407 e. The second kappa shape index (κ2) is 10.0. The fourth-order valence-corrected chi connectivity index (χ4v) is 2.89. The molecule has 0 aliphatic rings. The molecule has 28 heavy (non-hydrogen) atoms. The number of hydrogen-bond acceptors (Lipinski definition) is 4. The van der Waals surface area contributed by atoms with Crippen LogP contribution in [0, 0.1) is 0 Å². The van der Waals surface area contributed by atoms with E-state index in [2.05, 4.69) is 5.32 Å². The number of amides is 1. The molecule has 0 radical (unpaired) electrons. The summed E-state index contributed by atoms with van der Waals surface area (Å²) in [7, 11) is 1.63. The molecule has 2 aromatic carbocycles. The zero-order valence-corrected chi connectivity index (χ0v) is 17.1. The van der Waals surface area contributed by atoms with E-state index >= 15 is 0 Å². The number of ketones is 1. The normalized spacial score (nSPS) is 11.1.